The first kappa shape index (κ1) is 16.3. The number of hydrogen-bond donors (Lipinski definition) is 3. The number of carbonyl (C=O) groups excluding carboxylic acids is 1. The Morgan fingerprint density at radius 2 is 1.73 bits per heavy atom. The van der Waals surface area contributed by atoms with E-state index in [1.807, 2.05) is 0 Å². The first-order chi connectivity index (χ1) is 10.3. The Bertz CT molecular complexity index is 454. The van der Waals surface area contributed by atoms with E-state index in [1.54, 1.807) is 0 Å². The van der Waals surface area contributed by atoms with Crippen molar-refractivity contribution >= 4 is 5.91 Å². The van der Waals surface area contributed by atoms with Gasteiger partial charge in [-0.25, -0.2) is 0 Å². The lowest BCUT2D eigenvalue weighted by atomic mass is 9.48. The van der Waals surface area contributed by atoms with E-state index in [-0.39, 0.29) is 28.9 Å². The quantitative estimate of drug-likeness (QED) is 0.747. The van der Waals surface area contributed by atoms with Crippen molar-refractivity contribution in [3.8, 4) is 0 Å². The number of hydrogen-bond acceptors (Lipinski definition) is 3. The second-order valence-corrected chi connectivity index (χ2v) is 8.58. The third-order valence-corrected chi connectivity index (χ3v) is 7.68. The summed E-state index contributed by atoms with van der Waals surface area (Å²) in [5, 5.41) is 21.1. The van der Waals surface area contributed by atoms with E-state index < -0.39 is 0 Å². The van der Waals surface area contributed by atoms with Gasteiger partial charge in [-0.1, -0.05) is 13.8 Å². The van der Waals surface area contributed by atoms with E-state index in [1.165, 1.54) is 0 Å². The first-order valence-electron chi connectivity index (χ1n) is 8.93. The third kappa shape index (κ3) is 2.30. The lowest BCUT2D eigenvalue weighted by molar-refractivity contribution is -0.140. The predicted octanol–water partition coefficient (Wildman–Crippen LogP) is 2.22. The van der Waals surface area contributed by atoms with E-state index in [0.717, 1.165) is 38.5 Å². The highest BCUT2D eigenvalue weighted by Gasteiger charge is 2.59. The van der Waals surface area contributed by atoms with Gasteiger partial charge in [-0.3, -0.25) is 4.79 Å². The Hall–Kier alpha value is -0.610. The number of aliphatic hydroxyl groups is 2. The van der Waals surface area contributed by atoms with Gasteiger partial charge in [-0.2, -0.15) is 0 Å². The molecule has 7 unspecified atom stereocenters. The fourth-order valence-corrected chi connectivity index (χ4v) is 6.15. The number of carbonyl (C=O) groups is 1. The number of rotatable bonds is 3. The first-order valence-corrected chi connectivity index (χ1v) is 8.93. The molecule has 3 aliphatic carbocycles. The Balaban J connectivity index is 1.84. The molecule has 0 spiro atoms. The molecular weight excluding hydrogens is 278 g/mol. The smallest absolute Gasteiger partial charge is 0.217 e. The lowest BCUT2D eigenvalue weighted by Gasteiger charge is -2.57. The minimum atomic E-state index is -0.330. The lowest BCUT2D eigenvalue weighted by Crippen LogP contribution is -2.54. The molecule has 0 aliphatic heterocycles. The molecule has 22 heavy (non-hydrogen) atoms. The normalized spacial score (nSPS) is 51.2. The second kappa shape index (κ2) is 5.48. The maximum Gasteiger partial charge on any atom is 0.217 e. The largest absolute Gasteiger partial charge is 0.393 e. The monoisotopic (exact) mass is 309 g/mol. The number of amides is 1. The molecule has 4 N–H and O–H groups in total. The van der Waals surface area contributed by atoms with Crippen molar-refractivity contribution in [2.75, 3.05) is 0 Å². The summed E-state index contributed by atoms with van der Waals surface area (Å²) in [5.41, 5.74) is 5.22. The van der Waals surface area contributed by atoms with Crippen LogP contribution < -0.4 is 5.73 Å². The van der Waals surface area contributed by atoms with Crippen LogP contribution in [0, 0.1) is 28.6 Å². The Morgan fingerprint density at radius 3 is 2.41 bits per heavy atom. The van der Waals surface area contributed by atoms with Crippen molar-refractivity contribution in [1.82, 2.24) is 0 Å². The standard InChI is InChI=1S/C18H31NO3/c1-17-9-7-13-11(12(17)4-6-15(17)21)3-5-14(20)18(13,2)10-8-16(19)22/h11-15,20-21H,3-10H2,1-2H3,(H2,19,22). The van der Waals surface area contributed by atoms with Gasteiger partial charge in [0.15, 0.2) is 0 Å². The summed E-state index contributed by atoms with van der Waals surface area (Å²) >= 11 is 0. The van der Waals surface area contributed by atoms with Gasteiger partial charge >= 0.3 is 0 Å². The summed E-state index contributed by atoms with van der Waals surface area (Å²) in [5.74, 6) is 1.34. The molecule has 0 aromatic heterocycles. The van der Waals surface area contributed by atoms with Gasteiger partial charge in [0.2, 0.25) is 5.91 Å². The molecule has 3 saturated carbocycles. The van der Waals surface area contributed by atoms with Crippen molar-refractivity contribution in [3.05, 3.63) is 0 Å². The fraction of sp³-hybridized carbons (Fsp3) is 0.944. The molecule has 3 fully saturated rings. The molecule has 7 atom stereocenters. The molecule has 0 heterocycles. The molecule has 0 aromatic carbocycles. The zero-order valence-electron chi connectivity index (χ0n) is 13.9. The zero-order valence-corrected chi connectivity index (χ0v) is 13.9. The molecule has 4 nitrogen and oxygen atoms in total. The van der Waals surface area contributed by atoms with Gasteiger partial charge in [0.05, 0.1) is 12.2 Å². The Kier molecular flexibility index (Phi) is 4.05. The number of fused-ring (bicyclic) bond motifs is 3. The van der Waals surface area contributed by atoms with Crippen molar-refractivity contribution in [2.45, 2.75) is 77.4 Å². The van der Waals surface area contributed by atoms with Crippen molar-refractivity contribution in [1.29, 1.82) is 0 Å². The Morgan fingerprint density at radius 1 is 1.05 bits per heavy atom. The van der Waals surface area contributed by atoms with Crippen LogP contribution in [0.3, 0.4) is 0 Å². The summed E-state index contributed by atoms with van der Waals surface area (Å²) in [6, 6.07) is 0. The summed E-state index contributed by atoms with van der Waals surface area (Å²) in [4.78, 5) is 11.2. The molecule has 3 rings (SSSR count). The summed E-state index contributed by atoms with van der Waals surface area (Å²) < 4.78 is 0. The highest BCUT2D eigenvalue weighted by Crippen LogP contribution is 2.63. The molecule has 0 radical (unpaired) electrons. The summed E-state index contributed by atoms with van der Waals surface area (Å²) in [6.07, 6.45) is 6.57. The van der Waals surface area contributed by atoms with Crippen LogP contribution in [0.5, 0.6) is 0 Å². The summed E-state index contributed by atoms with van der Waals surface area (Å²) in [6.45, 7) is 4.42. The maximum atomic E-state index is 11.2. The van der Waals surface area contributed by atoms with E-state index in [0.29, 0.717) is 30.6 Å². The SMILES string of the molecule is CC1(CCC(N)=O)C(O)CCC2C1CCC1(C)C(O)CCC21. The van der Waals surface area contributed by atoms with Gasteiger partial charge in [-0.15, -0.1) is 0 Å². The average molecular weight is 309 g/mol. The number of aliphatic hydroxyl groups excluding tert-OH is 2. The van der Waals surface area contributed by atoms with E-state index in [9.17, 15) is 15.0 Å². The van der Waals surface area contributed by atoms with Gasteiger partial charge in [0.1, 0.15) is 0 Å². The van der Waals surface area contributed by atoms with Crippen LogP contribution in [-0.2, 0) is 4.79 Å². The van der Waals surface area contributed by atoms with Crippen LogP contribution in [0.15, 0.2) is 0 Å². The molecule has 0 aromatic rings. The fourth-order valence-electron chi connectivity index (χ4n) is 6.15. The van der Waals surface area contributed by atoms with E-state index in [4.69, 9.17) is 5.73 Å². The predicted molar refractivity (Wildman–Crippen MR) is 84.8 cm³/mol. The molecule has 126 valence electrons. The van der Waals surface area contributed by atoms with Crippen LogP contribution in [0.2, 0.25) is 0 Å². The van der Waals surface area contributed by atoms with Gasteiger partial charge < -0.3 is 15.9 Å². The molecule has 0 saturated heterocycles. The van der Waals surface area contributed by atoms with E-state index >= 15 is 0 Å². The second-order valence-electron chi connectivity index (χ2n) is 8.58. The molecule has 0 bridgehead atoms. The topological polar surface area (TPSA) is 83.6 Å². The average Bonchev–Trinajstić information content (AvgIpc) is 2.77. The van der Waals surface area contributed by atoms with Crippen molar-refractivity contribution < 1.29 is 15.0 Å². The zero-order chi connectivity index (χ0) is 16.1. The Labute approximate surface area is 133 Å². The van der Waals surface area contributed by atoms with Crippen molar-refractivity contribution in [2.24, 2.45) is 34.3 Å². The highest BCUT2D eigenvalue weighted by atomic mass is 16.3. The van der Waals surface area contributed by atoms with Crippen LogP contribution in [0.25, 0.3) is 0 Å². The van der Waals surface area contributed by atoms with Crippen LogP contribution in [-0.4, -0.2) is 28.3 Å². The molecule has 3 aliphatic rings. The minimum absolute atomic E-state index is 0.0635. The molecule has 1 amide bonds. The molecule has 4 heteroatoms. The van der Waals surface area contributed by atoms with Gasteiger partial charge in [0.25, 0.3) is 0 Å². The van der Waals surface area contributed by atoms with Crippen molar-refractivity contribution in [3.63, 3.8) is 0 Å². The maximum absolute atomic E-state index is 11.2. The van der Waals surface area contributed by atoms with Gasteiger partial charge in [-0.05, 0) is 73.5 Å². The minimum Gasteiger partial charge on any atom is -0.393 e. The third-order valence-electron chi connectivity index (χ3n) is 7.68. The van der Waals surface area contributed by atoms with Crippen LogP contribution >= 0.6 is 0 Å². The van der Waals surface area contributed by atoms with E-state index in [2.05, 4.69) is 13.8 Å². The summed E-state index contributed by atoms with van der Waals surface area (Å²) in [7, 11) is 0. The number of primary amides is 1. The van der Waals surface area contributed by atoms with Gasteiger partial charge in [0, 0.05) is 6.42 Å². The van der Waals surface area contributed by atoms with Crippen LogP contribution in [0.4, 0.5) is 0 Å². The molecular formula is C18H31NO3. The highest BCUT2D eigenvalue weighted by molar-refractivity contribution is 5.73. The number of nitrogens with two attached hydrogens (primary N) is 1. The van der Waals surface area contributed by atoms with Crippen LogP contribution in [0.1, 0.15) is 65.2 Å².